The Morgan fingerprint density at radius 3 is 2.07 bits per heavy atom. The van der Waals surface area contributed by atoms with E-state index in [1.807, 2.05) is 32.2 Å². The zero-order valence-corrected chi connectivity index (χ0v) is 30.6. The summed E-state index contributed by atoms with van der Waals surface area (Å²) in [7, 11) is 0. The number of likely N-dealkylation sites (tertiary alicyclic amines) is 1. The quantitative estimate of drug-likeness (QED) is 0.109. The van der Waals surface area contributed by atoms with E-state index >= 15 is 0 Å². The smallest absolute Gasteiger partial charge is 0.243 e. The fourth-order valence-corrected chi connectivity index (χ4v) is 5.44. The van der Waals surface area contributed by atoms with Gasteiger partial charge in [-0.15, -0.1) is 13.2 Å². The molecular weight excluding hydrogens is 552 g/mol. The Morgan fingerprint density at radius 2 is 1.58 bits per heavy atom. The SMILES string of the molecule is C=C(C)C=N/C(=C\C)CC1CCN(C(=C)CNC(=O)C(NC(=C)CC(C)(C)C)C2CCCCC2)C1.C=CCCC=C.CC(C)C. The van der Waals surface area contributed by atoms with Gasteiger partial charge in [-0.25, -0.2) is 0 Å². The van der Waals surface area contributed by atoms with E-state index < -0.39 is 0 Å². The highest BCUT2D eigenvalue weighted by Crippen LogP contribution is 2.29. The van der Waals surface area contributed by atoms with E-state index in [2.05, 4.69) is 101 Å². The summed E-state index contributed by atoms with van der Waals surface area (Å²) in [6.07, 6.45) is 18.6. The number of aliphatic imine (C=N–C) groups is 1. The Morgan fingerprint density at radius 1 is 1.00 bits per heavy atom. The van der Waals surface area contributed by atoms with Crippen molar-refractivity contribution in [1.82, 2.24) is 15.5 Å². The summed E-state index contributed by atoms with van der Waals surface area (Å²) < 4.78 is 0. The molecule has 2 unspecified atom stereocenters. The van der Waals surface area contributed by atoms with Crippen molar-refractivity contribution < 1.29 is 4.79 Å². The van der Waals surface area contributed by atoms with Crippen molar-refractivity contribution in [1.29, 1.82) is 0 Å². The van der Waals surface area contributed by atoms with Crippen LogP contribution in [0.1, 0.15) is 120 Å². The summed E-state index contributed by atoms with van der Waals surface area (Å²) in [5.41, 5.74) is 4.16. The summed E-state index contributed by atoms with van der Waals surface area (Å²) in [5, 5.41) is 6.71. The van der Waals surface area contributed by atoms with Crippen LogP contribution in [0.2, 0.25) is 0 Å². The van der Waals surface area contributed by atoms with Gasteiger partial charge < -0.3 is 15.5 Å². The molecule has 0 aromatic rings. The van der Waals surface area contributed by atoms with Crippen molar-refractivity contribution in [2.24, 2.45) is 28.2 Å². The Kier molecular flexibility index (Phi) is 22.0. The topological polar surface area (TPSA) is 56.7 Å². The molecule has 2 atom stereocenters. The molecule has 0 spiro atoms. The van der Waals surface area contributed by atoms with Gasteiger partial charge in [-0.05, 0) is 87.5 Å². The fourth-order valence-electron chi connectivity index (χ4n) is 5.44. The van der Waals surface area contributed by atoms with E-state index in [0.717, 1.165) is 86.6 Å². The first kappa shape index (κ1) is 42.2. The Balaban J connectivity index is 0.00000167. The highest BCUT2D eigenvalue weighted by Gasteiger charge is 2.31. The Labute approximate surface area is 279 Å². The van der Waals surface area contributed by atoms with Gasteiger partial charge in [0.25, 0.3) is 0 Å². The van der Waals surface area contributed by atoms with Crippen LogP contribution in [0.15, 0.2) is 78.8 Å². The molecule has 1 saturated carbocycles. The molecule has 2 rings (SSSR count). The molecule has 1 aliphatic carbocycles. The summed E-state index contributed by atoms with van der Waals surface area (Å²) >= 11 is 0. The van der Waals surface area contributed by atoms with Gasteiger partial charge >= 0.3 is 0 Å². The van der Waals surface area contributed by atoms with E-state index in [1.165, 1.54) is 19.3 Å². The molecule has 2 N–H and O–H groups in total. The molecule has 0 bridgehead atoms. The number of allylic oxidation sites excluding steroid dienone is 6. The number of rotatable bonds is 15. The average molecular weight is 623 g/mol. The summed E-state index contributed by atoms with van der Waals surface area (Å²) in [6, 6.07) is -0.215. The monoisotopic (exact) mass is 623 g/mol. The van der Waals surface area contributed by atoms with Gasteiger partial charge in [0.1, 0.15) is 6.04 Å². The van der Waals surface area contributed by atoms with Gasteiger partial charge in [-0.1, -0.05) is 98.8 Å². The summed E-state index contributed by atoms with van der Waals surface area (Å²) in [6.45, 7) is 39.1. The molecule has 1 heterocycles. The number of nitrogens with one attached hydrogen (secondary N) is 2. The van der Waals surface area contributed by atoms with Gasteiger partial charge in [0.05, 0.1) is 6.54 Å². The lowest BCUT2D eigenvalue weighted by Crippen LogP contribution is -2.50. The van der Waals surface area contributed by atoms with Crippen LogP contribution < -0.4 is 10.6 Å². The number of nitrogens with zero attached hydrogens (tertiary/aromatic N) is 2. The van der Waals surface area contributed by atoms with Crippen LogP contribution in [0.4, 0.5) is 0 Å². The van der Waals surface area contributed by atoms with Gasteiger partial charge in [-0.3, -0.25) is 9.79 Å². The molecule has 5 heteroatoms. The first-order valence-corrected chi connectivity index (χ1v) is 17.3. The van der Waals surface area contributed by atoms with Crippen LogP contribution in [0.25, 0.3) is 0 Å². The predicted octanol–water partition coefficient (Wildman–Crippen LogP) is 10.2. The highest BCUT2D eigenvalue weighted by atomic mass is 16.2. The van der Waals surface area contributed by atoms with E-state index in [9.17, 15) is 4.79 Å². The minimum absolute atomic E-state index is 0.0780. The van der Waals surface area contributed by atoms with Crippen molar-refractivity contribution >= 4 is 12.1 Å². The number of hydrogen-bond acceptors (Lipinski definition) is 4. The normalized spacial score (nSPS) is 17.8. The summed E-state index contributed by atoms with van der Waals surface area (Å²) in [4.78, 5) is 20.2. The maximum Gasteiger partial charge on any atom is 0.243 e. The van der Waals surface area contributed by atoms with Crippen molar-refractivity contribution in [3.05, 3.63) is 73.8 Å². The van der Waals surface area contributed by atoms with Crippen molar-refractivity contribution in [2.45, 2.75) is 126 Å². The average Bonchev–Trinajstić information content (AvgIpc) is 3.43. The third kappa shape index (κ3) is 21.5. The minimum atomic E-state index is -0.215. The van der Waals surface area contributed by atoms with Crippen LogP contribution in [0, 0.1) is 23.2 Å². The van der Waals surface area contributed by atoms with Crippen LogP contribution in [0.5, 0.6) is 0 Å². The van der Waals surface area contributed by atoms with Crippen LogP contribution in [0.3, 0.4) is 0 Å². The maximum absolute atomic E-state index is 13.3. The first-order valence-electron chi connectivity index (χ1n) is 17.3. The lowest BCUT2D eigenvalue weighted by molar-refractivity contribution is -0.124. The lowest BCUT2D eigenvalue weighted by Gasteiger charge is -2.33. The predicted molar refractivity (Wildman–Crippen MR) is 200 cm³/mol. The van der Waals surface area contributed by atoms with Crippen LogP contribution in [-0.4, -0.2) is 42.7 Å². The largest absolute Gasteiger partial charge is 0.377 e. The Hall–Kier alpha value is -2.82. The molecule has 5 nitrogen and oxygen atoms in total. The molecule has 1 aliphatic heterocycles. The molecule has 0 aromatic carbocycles. The first-order chi connectivity index (χ1) is 21.1. The zero-order valence-electron chi connectivity index (χ0n) is 30.6. The van der Waals surface area contributed by atoms with E-state index in [-0.39, 0.29) is 17.4 Å². The Bertz CT molecular complexity index is 964. The van der Waals surface area contributed by atoms with Gasteiger partial charge in [0.15, 0.2) is 0 Å². The van der Waals surface area contributed by atoms with Crippen LogP contribution >= 0.6 is 0 Å². The van der Waals surface area contributed by atoms with Crippen molar-refractivity contribution in [3.63, 3.8) is 0 Å². The molecule has 2 aliphatic rings. The summed E-state index contributed by atoms with van der Waals surface area (Å²) in [5.74, 6) is 1.83. The third-order valence-corrected chi connectivity index (χ3v) is 7.56. The molecule has 0 radical (unpaired) electrons. The van der Waals surface area contributed by atoms with Crippen molar-refractivity contribution in [3.8, 4) is 0 Å². The number of unbranched alkanes of at least 4 members (excludes halogenated alkanes) is 1. The van der Waals surface area contributed by atoms with Gasteiger partial charge in [0.2, 0.25) is 5.91 Å². The number of carbonyl (C=O) groups is 1. The number of hydrogen-bond donors (Lipinski definition) is 2. The minimum Gasteiger partial charge on any atom is -0.377 e. The molecule has 2 fully saturated rings. The van der Waals surface area contributed by atoms with E-state index in [1.54, 1.807) is 0 Å². The second-order valence-electron chi connectivity index (χ2n) is 14.7. The highest BCUT2D eigenvalue weighted by molar-refractivity contribution is 5.82. The maximum atomic E-state index is 13.3. The van der Waals surface area contributed by atoms with Crippen LogP contribution in [-0.2, 0) is 4.79 Å². The molecule has 45 heavy (non-hydrogen) atoms. The third-order valence-electron chi connectivity index (χ3n) is 7.56. The second kappa shape index (κ2) is 23.5. The van der Waals surface area contributed by atoms with Gasteiger partial charge in [-0.2, -0.15) is 0 Å². The van der Waals surface area contributed by atoms with E-state index in [4.69, 9.17) is 0 Å². The van der Waals surface area contributed by atoms with Gasteiger partial charge in [0, 0.05) is 36.4 Å². The van der Waals surface area contributed by atoms with Crippen molar-refractivity contribution in [2.75, 3.05) is 19.6 Å². The zero-order chi connectivity index (χ0) is 34.4. The van der Waals surface area contributed by atoms with E-state index in [0.29, 0.717) is 18.4 Å². The lowest BCUT2D eigenvalue weighted by atomic mass is 9.83. The number of carbonyl (C=O) groups excluding carboxylic acids is 1. The molecular formula is C40H70N4O. The second-order valence-corrected chi connectivity index (χ2v) is 14.7. The standard InChI is InChI=1S/C30H50N4O.C6H10.C4H10/c1-9-27(31-19-22(2)3)17-25-15-16-34(21-25)24(5)20-32-29(35)28(26-13-11-10-12-14-26)33-23(4)18-30(6,7)8;1-3-5-6-4-2;1-4(2)3/h9,19,25-26,28,33H,2,4-5,10-18,20-21H2,1,3,6-8H3,(H,32,35);3-4H,1-2,5-6H2;4H,1-3H3/b27-9-,31-19?;;. The number of amides is 1. The molecule has 1 amide bonds. The fraction of sp³-hybridized carbons (Fsp3) is 0.650. The molecule has 1 saturated heterocycles. The molecule has 256 valence electrons. The molecule has 0 aromatic heterocycles.